The molecule has 0 radical (unpaired) electrons. The van der Waals surface area contributed by atoms with Gasteiger partial charge in [-0.3, -0.25) is 0 Å². The van der Waals surface area contributed by atoms with Crippen LogP contribution in [0.5, 0.6) is 0 Å². The van der Waals surface area contributed by atoms with Crippen molar-refractivity contribution in [2.75, 3.05) is 66.1 Å². The maximum atomic E-state index is 13.9. The molecule has 0 saturated heterocycles. The number of amides is 4. The molecule has 28 heteroatoms. The van der Waals surface area contributed by atoms with Crippen molar-refractivity contribution < 1.29 is 114 Å². The number of carbonyl (C=O) groups excluding carboxylic acids is 12. The van der Waals surface area contributed by atoms with Crippen molar-refractivity contribution in [3.8, 4) is 0 Å². The normalized spacial score (nSPS) is 11.6. The maximum absolute atomic E-state index is 13.9. The Labute approximate surface area is 436 Å². The molecule has 0 aromatic rings. The summed E-state index contributed by atoms with van der Waals surface area (Å²) in [5.41, 5.74) is -7.30. The van der Waals surface area contributed by atoms with Crippen LogP contribution in [0.2, 0.25) is 0 Å². The predicted molar refractivity (Wildman–Crippen MR) is 259 cm³/mol. The van der Waals surface area contributed by atoms with E-state index in [0.29, 0.717) is 0 Å². The van der Waals surface area contributed by atoms with E-state index < -0.39 is 173 Å². The van der Waals surface area contributed by atoms with Crippen LogP contribution in [0.1, 0.15) is 27.7 Å². The van der Waals surface area contributed by atoms with Crippen LogP contribution in [-0.4, -0.2) is 173 Å². The summed E-state index contributed by atoms with van der Waals surface area (Å²) in [6.07, 6.45) is -3.98. The summed E-state index contributed by atoms with van der Waals surface area (Å²) in [6, 6.07) is 0. The van der Waals surface area contributed by atoms with Gasteiger partial charge in [0.1, 0.15) is 88.2 Å². The Morgan fingerprint density at radius 2 is 0.461 bits per heavy atom. The van der Waals surface area contributed by atoms with Gasteiger partial charge in [0.2, 0.25) is 0 Å². The number of hydrogen-bond donors (Lipinski definition) is 4. The molecule has 0 spiro atoms. The smallest absolute Gasteiger partial charge is 0.408 e. The van der Waals surface area contributed by atoms with Crippen LogP contribution in [0, 0.1) is 0 Å². The number of rotatable bonds is 35. The van der Waals surface area contributed by atoms with E-state index in [0.717, 1.165) is 48.6 Å². The summed E-state index contributed by atoms with van der Waals surface area (Å²) < 4.78 is 62.4. The van der Waals surface area contributed by atoms with Crippen LogP contribution in [0.15, 0.2) is 101 Å². The highest BCUT2D eigenvalue weighted by molar-refractivity contribution is 5.84. The highest BCUT2D eigenvalue weighted by Gasteiger charge is 2.40. The summed E-state index contributed by atoms with van der Waals surface area (Å²) in [4.78, 5) is 151. The Morgan fingerprint density at radius 3 is 0.618 bits per heavy atom. The summed E-state index contributed by atoms with van der Waals surface area (Å²) in [6.45, 7) is 23.1. The summed E-state index contributed by atoms with van der Waals surface area (Å²) in [5.74, 6) is -7.83. The van der Waals surface area contributed by atoms with Gasteiger partial charge in [0.05, 0.1) is 0 Å². The first-order valence-corrected chi connectivity index (χ1v) is 21.8. The molecule has 0 aliphatic heterocycles. The van der Waals surface area contributed by atoms with Gasteiger partial charge in [-0.1, -0.05) is 52.6 Å². The third-order valence-corrected chi connectivity index (χ3v) is 8.90. The first-order chi connectivity index (χ1) is 35.6. The van der Waals surface area contributed by atoms with E-state index in [1.54, 1.807) is 0 Å². The first-order valence-electron chi connectivity index (χ1n) is 21.8. The van der Waals surface area contributed by atoms with E-state index in [9.17, 15) is 57.5 Å². The van der Waals surface area contributed by atoms with Crippen molar-refractivity contribution in [1.29, 1.82) is 0 Å². The number of carbonyl (C=O) groups is 12. The Morgan fingerprint density at radius 1 is 0.303 bits per heavy atom. The molecule has 76 heavy (non-hydrogen) atoms. The molecule has 0 fully saturated rings. The minimum absolute atomic E-state index is 0.679. The SMILES string of the molecule is C=CC(=O)OCC(C)(COC(=O)C=C)NC(=O)OCC(OC(=O)NC(C)(COC(=O)C=C)COC(=O)C=C)C(COC(=O)NC(C)(COC(=O)C=C)COC(=O)C=C)OC(=O)NC(C)(COC(=O)C=C)COC(=O)C=C. The number of ether oxygens (including phenoxy) is 12. The molecule has 0 aliphatic rings. The Kier molecular flexibility index (Phi) is 29.4. The van der Waals surface area contributed by atoms with E-state index in [1.807, 2.05) is 0 Å². The molecule has 28 nitrogen and oxygen atoms in total. The van der Waals surface area contributed by atoms with Gasteiger partial charge >= 0.3 is 72.1 Å². The molecule has 2 atom stereocenters. The predicted octanol–water partition coefficient (Wildman–Crippen LogP) is 1.50. The van der Waals surface area contributed by atoms with Crippen molar-refractivity contribution in [2.24, 2.45) is 0 Å². The quantitative estimate of drug-likeness (QED) is 0.0397. The third-order valence-electron chi connectivity index (χ3n) is 8.90. The number of esters is 8. The molecule has 0 aliphatic carbocycles. The average molecular weight is 1080 g/mol. The fourth-order valence-corrected chi connectivity index (χ4v) is 4.91. The van der Waals surface area contributed by atoms with Gasteiger partial charge in [-0.15, -0.1) is 0 Å². The second kappa shape index (κ2) is 33.5. The Balaban J connectivity index is 7.74. The van der Waals surface area contributed by atoms with Crippen LogP contribution in [-0.2, 0) is 95.2 Å². The summed E-state index contributed by atoms with van der Waals surface area (Å²) in [5, 5.41) is 9.21. The minimum atomic E-state index is -2.15. The van der Waals surface area contributed by atoms with Crippen LogP contribution < -0.4 is 21.3 Å². The van der Waals surface area contributed by atoms with Crippen LogP contribution in [0.4, 0.5) is 19.2 Å². The number of hydrogen-bond acceptors (Lipinski definition) is 24. The monoisotopic (exact) mass is 1080 g/mol. The Hall–Kier alpha value is -9.24. The van der Waals surface area contributed by atoms with Gasteiger partial charge in [0.25, 0.3) is 0 Å². The molecular weight excluding hydrogens is 1020 g/mol. The third kappa shape index (κ3) is 28.1. The maximum Gasteiger partial charge on any atom is 0.408 e. The van der Waals surface area contributed by atoms with E-state index >= 15 is 0 Å². The van der Waals surface area contributed by atoms with Crippen LogP contribution in [0.3, 0.4) is 0 Å². The van der Waals surface area contributed by atoms with E-state index in [2.05, 4.69) is 73.9 Å². The lowest BCUT2D eigenvalue weighted by Crippen LogP contribution is -2.57. The molecule has 0 aromatic carbocycles. The zero-order valence-electron chi connectivity index (χ0n) is 42.3. The van der Waals surface area contributed by atoms with Gasteiger partial charge < -0.3 is 78.1 Å². The van der Waals surface area contributed by atoms with Gasteiger partial charge in [-0.25, -0.2) is 57.5 Å². The number of nitrogens with one attached hydrogen (secondary N) is 4. The molecule has 4 N–H and O–H groups in total. The standard InChI is InChI=1S/C48H62N4O24/c1-13-33(53)67-23-45(9,24-68-34(54)14-2)49-41(61)65-21-31(75-43(63)51-47(11,27-71-37(57)17-5)28-72-38(58)18-6)32(76-44(64)52-48(12,29-73-39(59)19-7)30-74-40(60)20-8)22-66-42(62)50-46(10,25-69-35(55)15-3)26-70-36(56)16-4/h13-20,31-32H,1-8,21-30H2,9-12H3,(H,49,61)(H,50,62)(H,51,63)(H,52,64). The van der Waals surface area contributed by atoms with Crippen LogP contribution in [0.25, 0.3) is 0 Å². The van der Waals surface area contributed by atoms with Crippen molar-refractivity contribution in [3.63, 3.8) is 0 Å². The largest absolute Gasteiger partial charge is 0.460 e. The van der Waals surface area contributed by atoms with E-state index in [4.69, 9.17) is 56.8 Å². The fraction of sp³-hybridized carbons (Fsp3) is 0.417. The summed E-state index contributed by atoms with van der Waals surface area (Å²) in [7, 11) is 0. The molecule has 0 rings (SSSR count). The highest BCUT2D eigenvalue weighted by atomic mass is 16.6. The first kappa shape index (κ1) is 66.8. The molecule has 0 heterocycles. The van der Waals surface area contributed by atoms with Crippen LogP contribution >= 0.6 is 0 Å². The molecule has 0 saturated carbocycles. The zero-order chi connectivity index (χ0) is 58.1. The Bertz CT molecular complexity index is 1970. The minimum Gasteiger partial charge on any atom is -0.460 e. The zero-order valence-corrected chi connectivity index (χ0v) is 42.3. The van der Waals surface area contributed by atoms with Crippen molar-refractivity contribution >= 4 is 72.1 Å². The second-order valence-electron chi connectivity index (χ2n) is 16.3. The van der Waals surface area contributed by atoms with Crippen molar-refractivity contribution in [1.82, 2.24) is 21.3 Å². The number of alkyl carbamates (subject to hydrolysis) is 4. The molecule has 418 valence electrons. The van der Waals surface area contributed by atoms with Gasteiger partial charge in [-0.05, 0) is 27.7 Å². The highest BCUT2D eigenvalue weighted by Crippen LogP contribution is 2.16. The van der Waals surface area contributed by atoms with Crippen molar-refractivity contribution in [2.45, 2.75) is 62.1 Å². The topological polar surface area (TPSA) is 364 Å². The average Bonchev–Trinajstić information content (AvgIpc) is 3.39. The van der Waals surface area contributed by atoms with E-state index in [-0.39, 0.29) is 0 Å². The van der Waals surface area contributed by atoms with Gasteiger partial charge in [0.15, 0.2) is 12.2 Å². The molecule has 0 aromatic heterocycles. The lowest BCUT2D eigenvalue weighted by molar-refractivity contribution is -0.146. The molecule has 4 amide bonds. The second-order valence-corrected chi connectivity index (χ2v) is 16.3. The molecule has 0 bridgehead atoms. The van der Waals surface area contributed by atoms with Crippen molar-refractivity contribution in [3.05, 3.63) is 101 Å². The molecule has 2 unspecified atom stereocenters. The summed E-state index contributed by atoms with van der Waals surface area (Å²) >= 11 is 0. The van der Waals surface area contributed by atoms with E-state index in [1.165, 1.54) is 27.7 Å². The van der Waals surface area contributed by atoms with Gasteiger partial charge in [0, 0.05) is 48.6 Å². The lowest BCUT2D eigenvalue weighted by atomic mass is 10.1. The lowest BCUT2D eigenvalue weighted by Gasteiger charge is -2.33. The fourth-order valence-electron chi connectivity index (χ4n) is 4.91. The molecular formula is C48H62N4O24. The van der Waals surface area contributed by atoms with Gasteiger partial charge in [-0.2, -0.15) is 0 Å².